The lowest BCUT2D eigenvalue weighted by Crippen LogP contribution is -2.42. The van der Waals surface area contributed by atoms with Gasteiger partial charge >= 0.3 is 0 Å². The lowest BCUT2D eigenvalue weighted by Gasteiger charge is -2.32. The zero-order chi connectivity index (χ0) is 20.9. The third-order valence-corrected chi connectivity index (χ3v) is 6.65. The molecule has 0 aromatic heterocycles. The minimum atomic E-state index is -3.81. The van der Waals surface area contributed by atoms with E-state index in [1.807, 2.05) is 20.8 Å². The lowest BCUT2D eigenvalue weighted by molar-refractivity contribution is -0.120. The fourth-order valence-electron chi connectivity index (χ4n) is 3.21. The van der Waals surface area contributed by atoms with Crippen molar-refractivity contribution in [2.75, 3.05) is 20.2 Å². The molecule has 2 N–H and O–H groups in total. The van der Waals surface area contributed by atoms with E-state index < -0.39 is 15.9 Å². The van der Waals surface area contributed by atoms with Gasteiger partial charge in [-0.1, -0.05) is 6.42 Å². The number of nitrogens with zero attached hydrogens (tertiary/aromatic N) is 1. The van der Waals surface area contributed by atoms with Crippen molar-refractivity contribution in [3.63, 3.8) is 0 Å². The van der Waals surface area contributed by atoms with Gasteiger partial charge in [-0.3, -0.25) is 9.59 Å². The van der Waals surface area contributed by atoms with Gasteiger partial charge < -0.3 is 15.4 Å². The van der Waals surface area contributed by atoms with Crippen molar-refractivity contribution in [1.29, 1.82) is 0 Å². The van der Waals surface area contributed by atoms with Crippen LogP contribution in [-0.2, 0) is 14.8 Å². The van der Waals surface area contributed by atoms with Crippen LogP contribution in [-0.4, -0.2) is 56.8 Å². The number of rotatable bonds is 7. The van der Waals surface area contributed by atoms with Gasteiger partial charge in [0.25, 0.3) is 5.91 Å². The second-order valence-electron chi connectivity index (χ2n) is 7.23. The fourth-order valence-corrected chi connectivity index (χ4v) is 5.09. The van der Waals surface area contributed by atoms with Crippen molar-refractivity contribution in [3.8, 4) is 5.75 Å². The van der Waals surface area contributed by atoms with Gasteiger partial charge in [0.2, 0.25) is 15.9 Å². The Labute approximate surface area is 166 Å². The average Bonchev–Trinajstić information content (AvgIpc) is 2.65. The number of methoxy groups -OCH3 is 1. The summed E-state index contributed by atoms with van der Waals surface area (Å²) in [6.45, 7) is 5.78. The maximum atomic E-state index is 13.2. The Bertz CT molecular complexity index is 823. The van der Waals surface area contributed by atoms with Crippen LogP contribution < -0.4 is 15.4 Å². The number of hydrogen-bond acceptors (Lipinski definition) is 5. The van der Waals surface area contributed by atoms with E-state index in [9.17, 15) is 18.0 Å². The topological polar surface area (TPSA) is 105 Å². The predicted molar refractivity (Wildman–Crippen MR) is 106 cm³/mol. The van der Waals surface area contributed by atoms with Crippen LogP contribution in [0.25, 0.3) is 0 Å². The number of sulfonamides is 1. The molecule has 0 radical (unpaired) electrons. The summed E-state index contributed by atoms with van der Waals surface area (Å²) in [6.07, 6.45) is 2.59. The van der Waals surface area contributed by atoms with Crippen molar-refractivity contribution in [3.05, 3.63) is 23.8 Å². The molecule has 1 aromatic carbocycles. The lowest BCUT2D eigenvalue weighted by atomic mass is 10.1. The Hall–Kier alpha value is -2.13. The van der Waals surface area contributed by atoms with Gasteiger partial charge in [-0.15, -0.1) is 0 Å². The second kappa shape index (κ2) is 9.38. The van der Waals surface area contributed by atoms with Crippen LogP contribution in [0.1, 0.15) is 50.4 Å². The largest absolute Gasteiger partial charge is 0.495 e. The first kappa shape index (κ1) is 22.2. The van der Waals surface area contributed by atoms with Crippen molar-refractivity contribution in [2.45, 2.75) is 57.0 Å². The summed E-state index contributed by atoms with van der Waals surface area (Å²) in [5.74, 6) is -0.650. The molecule has 1 aliphatic heterocycles. The van der Waals surface area contributed by atoms with E-state index in [2.05, 4.69) is 10.6 Å². The molecule has 1 saturated heterocycles. The zero-order valence-corrected chi connectivity index (χ0v) is 17.6. The molecule has 2 rings (SSSR count). The molecule has 0 aliphatic carbocycles. The molecule has 156 valence electrons. The number of carbonyl (C=O) groups is 2. The number of piperidine rings is 1. The maximum Gasteiger partial charge on any atom is 0.251 e. The molecule has 0 unspecified atom stereocenters. The fraction of sp³-hybridized carbons (Fsp3) is 0.579. The Kier molecular flexibility index (Phi) is 7.42. The van der Waals surface area contributed by atoms with Gasteiger partial charge in [0.05, 0.1) is 13.7 Å². The molecule has 1 aliphatic rings. The van der Waals surface area contributed by atoms with Crippen molar-refractivity contribution in [2.24, 2.45) is 0 Å². The van der Waals surface area contributed by atoms with Crippen LogP contribution >= 0.6 is 0 Å². The maximum absolute atomic E-state index is 13.2. The Morgan fingerprint density at radius 2 is 2.00 bits per heavy atom. The number of hydrogen-bond donors (Lipinski definition) is 2. The number of ether oxygens (including phenoxy) is 1. The molecule has 9 heteroatoms. The molecule has 1 fully saturated rings. The quantitative estimate of drug-likeness (QED) is 0.708. The Morgan fingerprint density at radius 3 is 2.61 bits per heavy atom. The van der Waals surface area contributed by atoms with E-state index in [0.29, 0.717) is 6.54 Å². The third kappa shape index (κ3) is 5.23. The smallest absolute Gasteiger partial charge is 0.251 e. The molecule has 1 atom stereocenters. The standard InChI is InChI=1S/C19H29N3O5S/c1-13(2)21-18(23)12-20-19(24)15-8-9-16(27-4)17(11-15)28(25,26)22-10-6-5-7-14(22)3/h8-9,11,13-14H,5-7,10,12H2,1-4H3,(H,20,24)(H,21,23)/t14-/m1/s1. The molecule has 8 nitrogen and oxygen atoms in total. The predicted octanol–water partition coefficient (Wildman–Crippen LogP) is 1.51. The van der Waals surface area contributed by atoms with Gasteiger partial charge in [0.1, 0.15) is 10.6 Å². The molecule has 28 heavy (non-hydrogen) atoms. The van der Waals surface area contributed by atoms with E-state index in [1.54, 1.807) is 0 Å². The summed E-state index contributed by atoms with van der Waals surface area (Å²) < 4.78 is 33.1. The highest BCUT2D eigenvalue weighted by molar-refractivity contribution is 7.89. The monoisotopic (exact) mass is 411 g/mol. The third-order valence-electron chi connectivity index (χ3n) is 4.61. The van der Waals surface area contributed by atoms with Crippen molar-refractivity contribution in [1.82, 2.24) is 14.9 Å². The minimum Gasteiger partial charge on any atom is -0.495 e. The van der Waals surface area contributed by atoms with E-state index in [1.165, 1.54) is 29.6 Å². The van der Waals surface area contributed by atoms with Gasteiger partial charge in [0.15, 0.2) is 0 Å². The SMILES string of the molecule is COc1ccc(C(=O)NCC(=O)NC(C)C)cc1S(=O)(=O)N1CCCC[C@H]1C. The van der Waals surface area contributed by atoms with Crippen LogP contribution in [0.3, 0.4) is 0 Å². The number of carbonyl (C=O) groups excluding carboxylic acids is 2. The number of benzene rings is 1. The van der Waals surface area contributed by atoms with Crippen LogP contribution in [0, 0.1) is 0 Å². The van der Waals surface area contributed by atoms with Crippen LogP contribution in [0.5, 0.6) is 5.75 Å². The first-order valence-corrected chi connectivity index (χ1v) is 10.9. The molecule has 2 amide bonds. The molecule has 1 heterocycles. The summed E-state index contributed by atoms with van der Waals surface area (Å²) >= 11 is 0. The molecule has 1 aromatic rings. The number of amides is 2. The summed E-state index contributed by atoms with van der Waals surface area (Å²) in [6, 6.07) is 4.11. The zero-order valence-electron chi connectivity index (χ0n) is 16.8. The molecular formula is C19H29N3O5S. The Balaban J connectivity index is 2.25. The van der Waals surface area contributed by atoms with Gasteiger partial charge in [0, 0.05) is 24.2 Å². The minimum absolute atomic E-state index is 0.0336. The highest BCUT2D eigenvalue weighted by Crippen LogP contribution is 2.31. The van der Waals surface area contributed by atoms with Crippen molar-refractivity contribution < 1.29 is 22.7 Å². The summed E-state index contributed by atoms with van der Waals surface area (Å²) in [5.41, 5.74) is 0.154. The summed E-state index contributed by atoms with van der Waals surface area (Å²) in [5, 5.41) is 5.18. The van der Waals surface area contributed by atoms with Crippen LogP contribution in [0.2, 0.25) is 0 Å². The molecule has 0 spiro atoms. The van der Waals surface area contributed by atoms with E-state index in [-0.39, 0.29) is 40.7 Å². The number of nitrogens with one attached hydrogen (secondary N) is 2. The highest BCUT2D eigenvalue weighted by atomic mass is 32.2. The summed E-state index contributed by atoms with van der Waals surface area (Å²) in [7, 11) is -2.42. The van der Waals surface area contributed by atoms with Gasteiger partial charge in [-0.25, -0.2) is 8.42 Å². The average molecular weight is 412 g/mol. The van der Waals surface area contributed by atoms with E-state index in [4.69, 9.17) is 4.74 Å². The molecule has 0 bridgehead atoms. The first-order chi connectivity index (χ1) is 13.2. The first-order valence-electron chi connectivity index (χ1n) is 9.44. The Morgan fingerprint density at radius 1 is 1.29 bits per heavy atom. The van der Waals surface area contributed by atoms with Crippen LogP contribution in [0.4, 0.5) is 0 Å². The van der Waals surface area contributed by atoms with Gasteiger partial charge in [-0.2, -0.15) is 4.31 Å². The normalized spacial score (nSPS) is 18.0. The molecular weight excluding hydrogens is 382 g/mol. The second-order valence-corrected chi connectivity index (χ2v) is 9.09. The van der Waals surface area contributed by atoms with Gasteiger partial charge in [-0.05, 0) is 51.8 Å². The van der Waals surface area contributed by atoms with Crippen LogP contribution in [0.15, 0.2) is 23.1 Å². The van der Waals surface area contributed by atoms with E-state index in [0.717, 1.165) is 19.3 Å². The summed E-state index contributed by atoms with van der Waals surface area (Å²) in [4.78, 5) is 24.1. The van der Waals surface area contributed by atoms with E-state index >= 15 is 0 Å². The molecule has 0 saturated carbocycles. The van der Waals surface area contributed by atoms with Crippen molar-refractivity contribution >= 4 is 21.8 Å². The highest BCUT2D eigenvalue weighted by Gasteiger charge is 2.33.